The molecule has 0 unspecified atom stereocenters. The molecule has 7 heteroatoms. The summed E-state index contributed by atoms with van der Waals surface area (Å²) in [6.07, 6.45) is 0.154. The average molecular weight is 332 g/mol. The zero-order valence-electron chi connectivity index (χ0n) is 13.8. The number of aromatic nitrogens is 2. The topological polar surface area (TPSA) is 104 Å². The number of aliphatic hydroxyl groups is 1. The van der Waals surface area contributed by atoms with Gasteiger partial charge in [0.25, 0.3) is 5.56 Å². The van der Waals surface area contributed by atoms with Gasteiger partial charge in [0.15, 0.2) is 0 Å². The number of fused-ring (bicyclic) bond motifs is 1. The van der Waals surface area contributed by atoms with Gasteiger partial charge < -0.3 is 19.7 Å². The quantitative estimate of drug-likeness (QED) is 0.726. The second-order valence-corrected chi connectivity index (χ2v) is 6.26. The minimum absolute atomic E-state index is 0.154. The number of ether oxygens (including phenoxy) is 2. The molecule has 3 rings (SSSR count). The van der Waals surface area contributed by atoms with Crippen LogP contribution < -0.4 is 10.3 Å². The first-order chi connectivity index (χ1) is 11.4. The maximum atomic E-state index is 12.4. The summed E-state index contributed by atoms with van der Waals surface area (Å²) in [5, 5.41) is 16.2. The predicted octanol–water partition coefficient (Wildman–Crippen LogP) is 0.940. The number of methoxy groups -OCH3 is 2. The summed E-state index contributed by atoms with van der Waals surface area (Å²) < 4.78 is 10.2. The molecule has 1 aromatic heterocycles. The first kappa shape index (κ1) is 16.3. The Kier molecular flexibility index (Phi) is 3.96. The van der Waals surface area contributed by atoms with Crippen molar-refractivity contribution in [1.82, 2.24) is 10.2 Å². The standard InChI is InChI=1S/C17H20N2O5/c1-17(22)8-11-13(15(20)19-18-11)12(14(17)16(21)24-3)9-5-4-6-10(7-9)23-2/h4-7,12,14,22H,8H2,1-3H3,(H2,18,19,20)/t12-,14+,17-/m0/s1. The summed E-state index contributed by atoms with van der Waals surface area (Å²) in [5.74, 6) is -1.49. The molecule has 2 aromatic rings. The van der Waals surface area contributed by atoms with E-state index in [4.69, 9.17) is 9.47 Å². The molecular formula is C17H20N2O5. The third kappa shape index (κ3) is 2.50. The summed E-state index contributed by atoms with van der Waals surface area (Å²) >= 11 is 0. The van der Waals surface area contributed by atoms with Crippen LogP contribution in [0.5, 0.6) is 5.75 Å². The van der Waals surface area contributed by atoms with E-state index >= 15 is 0 Å². The molecule has 24 heavy (non-hydrogen) atoms. The first-order valence-corrected chi connectivity index (χ1v) is 7.62. The van der Waals surface area contributed by atoms with Gasteiger partial charge in [-0.05, 0) is 24.6 Å². The van der Waals surface area contributed by atoms with Gasteiger partial charge in [-0.1, -0.05) is 12.1 Å². The Hall–Kier alpha value is -2.54. The number of esters is 1. The van der Waals surface area contributed by atoms with Crippen LogP contribution in [-0.4, -0.2) is 41.1 Å². The smallest absolute Gasteiger partial charge is 0.312 e. The highest BCUT2D eigenvalue weighted by Crippen LogP contribution is 2.44. The summed E-state index contributed by atoms with van der Waals surface area (Å²) in [5.41, 5.74) is 0.0837. The maximum absolute atomic E-state index is 12.4. The molecule has 0 bridgehead atoms. The van der Waals surface area contributed by atoms with Crippen molar-refractivity contribution in [2.45, 2.75) is 24.9 Å². The first-order valence-electron chi connectivity index (χ1n) is 7.62. The summed E-state index contributed by atoms with van der Waals surface area (Å²) in [7, 11) is 2.82. The molecule has 1 aromatic carbocycles. The number of carbonyl (C=O) groups is 1. The molecule has 7 nitrogen and oxygen atoms in total. The molecule has 0 saturated heterocycles. The lowest BCUT2D eigenvalue weighted by atomic mass is 9.66. The molecule has 0 aliphatic heterocycles. The van der Waals surface area contributed by atoms with Crippen molar-refractivity contribution in [3.8, 4) is 5.75 Å². The van der Waals surface area contributed by atoms with Crippen molar-refractivity contribution in [1.29, 1.82) is 0 Å². The Morgan fingerprint density at radius 1 is 1.33 bits per heavy atom. The van der Waals surface area contributed by atoms with E-state index in [0.717, 1.165) is 0 Å². The number of hydrogen-bond acceptors (Lipinski definition) is 5. The van der Waals surface area contributed by atoms with Gasteiger partial charge in [0.2, 0.25) is 0 Å². The van der Waals surface area contributed by atoms with Gasteiger partial charge in [-0.25, -0.2) is 0 Å². The Balaban J connectivity index is 2.25. The Morgan fingerprint density at radius 2 is 2.08 bits per heavy atom. The predicted molar refractivity (Wildman–Crippen MR) is 86.1 cm³/mol. The second kappa shape index (κ2) is 5.83. The minimum atomic E-state index is -1.36. The molecule has 128 valence electrons. The molecule has 0 radical (unpaired) electrons. The lowest BCUT2D eigenvalue weighted by molar-refractivity contribution is -0.156. The fourth-order valence-corrected chi connectivity index (χ4v) is 3.58. The van der Waals surface area contributed by atoms with Crippen molar-refractivity contribution in [2.75, 3.05) is 14.2 Å². The molecule has 0 amide bonds. The molecule has 1 aliphatic carbocycles. The van der Waals surface area contributed by atoms with Gasteiger partial charge in [0, 0.05) is 23.6 Å². The number of nitrogens with one attached hydrogen (secondary N) is 2. The lowest BCUT2D eigenvalue weighted by Crippen LogP contribution is -2.49. The fraction of sp³-hybridized carbons (Fsp3) is 0.412. The number of carbonyl (C=O) groups excluding carboxylic acids is 1. The highest BCUT2D eigenvalue weighted by Gasteiger charge is 2.51. The van der Waals surface area contributed by atoms with Gasteiger partial charge in [0.05, 0.1) is 25.7 Å². The van der Waals surface area contributed by atoms with E-state index < -0.39 is 23.4 Å². The molecular weight excluding hydrogens is 312 g/mol. The zero-order valence-corrected chi connectivity index (χ0v) is 13.8. The summed E-state index contributed by atoms with van der Waals surface area (Å²) in [4.78, 5) is 24.7. The largest absolute Gasteiger partial charge is 0.497 e. The third-order valence-electron chi connectivity index (χ3n) is 4.65. The van der Waals surface area contributed by atoms with Crippen LogP contribution in [0.4, 0.5) is 0 Å². The molecule has 3 atom stereocenters. The van der Waals surface area contributed by atoms with E-state index in [1.54, 1.807) is 38.3 Å². The highest BCUT2D eigenvalue weighted by atomic mass is 16.5. The van der Waals surface area contributed by atoms with Crippen LogP contribution in [0.1, 0.15) is 29.7 Å². The van der Waals surface area contributed by atoms with Crippen molar-refractivity contribution in [2.24, 2.45) is 5.92 Å². The van der Waals surface area contributed by atoms with E-state index in [1.807, 2.05) is 0 Å². The summed E-state index contributed by atoms with van der Waals surface area (Å²) in [6, 6.07) is 7.13. The number of hydrogen-bond donors (Lipinski definition) is 3. The number of benzene rings is 1. The second-order valence-electron chi connectivity index (χ2n) is 6.26. The molecule has 0 saturated carbocycles. The Morgan fingerprint density at radius 3 is 2.75 bits per heavy atom. The van der Waals surface area contributed by atoms with Crippen molar-refractivity contribution < 1.29 is 19.4 Å². The number of rotatable bonds is 3. The van der Waals surface area contributed by atoms with Crippen molar-refractivity contribution in [3.63, 3.8) is 0 Å². The molecule has 0 fully saturated rings. The van der Waals surface area contributed by atoms with Gasteiger partial charge in [-0.2, -0.15) is 0 Å². The Labute approximate surface area is 138 Å². The minimum Gasteiger partial charge on any atom is -0.497 e. The highest BCUT2D eigenvalue weighted by molar-refractivity contribution is 5.77. The monoisotopic (exact) mass is 332 g/mol. The van der Waals surface area contributed by atoms with Crippen molar-refractivity contribution in [3.05, 3.63) is 51.4 Å². The van der Waals surface area contributed by atoms with Gasteiger partial charge in [-0.3, -0.25) is 14.7 Å². The molecule has 3 N–H and O–H groups in total. The van der Waals surface area contributed by atoms with E-state index in [1.165, 1.54) is 7.11 Å². The van der Waals surface area contributed by atoms with E-state index in [0.29, 0.717) is 22.6 Å². The molecule has 1 aliphatic rings. The van der Waals surface area contributed by atoms with Crippen LogP contribution >= 0.6 is 0 Å². The van der Waals surface area contributed by atoms with Crippen LogP contribution in [-0.2, 0) is 16.0 Å². The fourth-order valence-electron chi connectivity index (χ4n) is 3.58. The van der Waals surface area contributed by atoms with Crippen LogP contribution in [0.15, 0.2) is 29.1 Å². The molecule has 1 heterocycles. The van der Waals surface area contributed by atoms with Crippen molar-refractivity contribution >= 4 is 5.97 Å². The van der Waals surface area contributed by atoms with Crippen LogP contribution in [0, 0.1) is 5.92 Å². The molecule has 0 spiro atoms. The number of H-pyrrole nitrogens is 2. The number of aromatic amines is 2. The van der Waals surface area contributed by atoms with Gasteiger partial charge in [-0.15, -0.1) is 0 Å². The third-order valence-corrected chi connectivity index (χ3v) is 4.65. The van der Waals surface area contributed by atoms with Crippen LogP contribution in [0.25, 0.3) is 0 Å². The average Bonchev–Trinajstić information content (AvgIpc) is 2.92. The van der Waals surface area contributed by atoms with Gasteiger partial charge >= 0.3 is 5.97 Å². The van der Waals surface area contributed by atoms with Crippen LogP contribution in [0.3, 0.4) is 0 Å². The van der Waals surface area contributed by atoms with E-state index in [9.17, 15) is 14.7 Å². The zero-order chi connectivity index (χ0) is 17.5. The van der Waals surface area contributed by atoms with E-state index in [-0.39, 0.29) is 12.0 Å². The Bertz CT molecular complexity index is 820. The SMILES string of the molecule is COC(=O)[C@H]1[C@@H](c2cccc(OC)c2)c2c([nH][nH]c2=O)C[C@]1(C)O. The van der Waals surface area contributed by atoms with E-state index in [2.05, 4.69) is 10.2 Å². The van der Waals surface area contributed by atoms with Gasteiger partial charge in [0.1, 0.15) is 5.75 Å². The van der Waals surface area contributed by atoms with Crippen LogP contribution in [0.2, 0.25) is 0 Å². The lowest BCUT2D eigenvalue weighted by Gasteiger charge is -2.40. The normalized spacial score (nSPS) is 25.8. The summed E-state index contributed by atoms with van der Waals surface area (Å²) in [6.45, 7) is 1.58. The maximum Gasteiger partial charge on any atom is 0.312 e.